The molecule has 0 aromatic heterocycles. The lowest BCUT2D eigenvalue weighted by atomic mass is 10.0. The minimum absolute atomic E-state index is 0.0145. The number of rotatable bonds is 7. The van der Waals surface area contributed by atoms with Crippen LogP contribution in [0, 0.1) is 0 Å². The fourth-order valence-corrected chi connectivity index (χ4v) is 4.21. The number of imide groups is 1. The molecular weight excluding hydrogens is 454 g/mol. The molecule has 2 aliphatic heterocycles. The number of nitrogens with zero attached hydrogens (tertiary/aromatic N) is 2. The van der Waals surface area contributed by atoms with E-state index in [-0.39, 0.29) is 29.0 Å². The smallest absolute Gasteiger partial charge is 0.265 e. The third-order valence-corrected chi connectivity index (χ3v) is 6.07. The molecule has 0 radical (unpaired) electrons. The van der Waals surface area contributed by atoms with E-state index in [4.69, 9.17) is 17.0 Å². The van der Waals surface area contributed by atoms with E-state index in [9.17, 15) is 19.2 Å². The first kappa shape index (κ1) is 23.3. The van der Waals surface area contributed by atoms with Crippen LogP contribution in [0.25, 0.3) is 6.08 Å². The summed E-state index contributed by atoms with van der Waals surface area (Å²) in [5, 5.41) is 2.66. The van der Waals surface area contributed by atoms with Crippen LogP contribution in [-0.2, 0) is 16.1 Å². The van der Waals surface area contributed by atoms with E-state index in [1.165, 1.54) is 18.1 Å². The van der Waals surface area contributed by atoms with Gasteiger partial charge in [-0.05, 0) is 54.5 Å². The zero-order valence-corrected chi connectivity index (χ0v) is 19.6. The number of ether oxygens (including phenoxy) is 1. The summed E-state index contributed by atoms with van der Waals surface area (Å²) in [5.74, 6) is -1.31. The molecule has 2 heterocycles. The van der Waals surface area contributed by atoms with Gasteiger partial charge in [-0.15, -0.1) is 0 Å². The molecule has 0 atom stereocenters. The average molecular weight is 478 g/mol. The van der Waals surface area contributed by atoms with Gasteiger partial charge in [-0.2, -0.15) is 0 Å². The largest absolute Gasteiger partial charge is 0.496 e. The molecule has 1 N–H and O–H groups in total. The average Bonchev–Trinajstić information content (AvgIpc) is 3.07. The van der Waals surface area contributed by atoms with Crippen molar-refractivity contribution in [2.75, 3.05) is 13.7 Å². The fourth-order valence-electron chi connectivity index (χ4n) is 3.94. The molecular formula is C25H23N3O5S. The highest BCUT2D eigenvalue weighted by Gasteiger charge is 2.36. The Labute approximate surface area is 202 Å². The monoisotopic (exact) mass is 477 g/mol. The van der Waals surface area contributed by atoms with Gasteiger partial charge in [-0.25, -0.2) is 0 Å². The maximum absolute atomic E-state index is 12.9. The van der Waals surface area contributed by atoms with Crippen LogP contribution in [0.1, 0.15) is 51.6 Å². The molecule has 1 saturated heterocycles. The summed E-state index contributed by atoms with van der Waals surface area (Å²) in [6, 6.07) is 11.7. The summed E-state index contributed by atoms with van der Waals surface area (Å²) in [6.45, 7) is 2.40. The highest BCUT2D eigenvalue weighted by molar-refractivity contribution is 7.80. The Morgan fingerprint density at radius 1 is 0.971 bits per heavy atom. The zero-order valence-electron chi connectivity index (χ0n) is 18.8. The topological polar surface area (TPSA) is 96.0 Å². The highest BCUT2D eigenvalue weighted by Crippen LogP contribution is 2.29. The van der Waals surface area contributed by atoms with Crippen molar-refractivity contribution in [1.29, 1.82) is 0 Å². The lowest BCUT2D eigenvalue weighted by molar-refractivity contribution is -0.128. The zero-order chi connectivity index (χ0) is 24.4. The molecule has 0 aliphatic carbocycles. The molecule has 4 rings (SSSR count). The van der Waals surface area contributed by atoms with Crippen molar-refractivity contribution in [3.8, 4) is 5.75 Å². The second-order valence-corrected chi connectivity index (χ2v) is 8.33. The quantitative estimate of drug-likeness (QED) is 0.285. The number of amides is 4. The van der Waals surface area contributed by atoms with Crippen molar-refractivity contribution in [3.63, 3.8) is 0 Å². The third-order valence-electron chi connectivity index (χ3n) is 5.74. The van der Waals surface area contributed by atoms with Crippen LogP contribution in [0.2, 0.25) is 0 Å². The molecule has 2 aliphatic rings. The van der Waals surface area contributed by atoms with Gasteiger partial charge < -0.3 is 4.74 Å². The Hall–Kier alpha value is -3.85. The van der Waals surface area contributed by atoms with Gasteiger partial charge in [0.15, 0.2) is 5.11 Å². The molecule has 1 fully saturated rings. The van der Waals surface area contributed by atoms with Crippen LogP contribution in [-0.4, -0.2) is 52.2 Å². The van der Waals surface area contributed by atoms with E-state index < -0.39 is 11.8 Å². The molecule has 0 unspecified atom stereocenters. The fraction of sp³-hybridized carbons (Fsp3) is 0.240. The third kappa shape index (κ3) is 4.22. The molecule has 34 heavy (non-hydrogen) atoms. The van der Waals surface area contributed by atoms with Crippen molar-refractivity contribution in [2.24, 2.45) is 0 Å². The molecule has 174 valence electrons. The van der Waals surface area contributed by atoms with Crippen molar-refractivity contribution in [3.05, 3.63) is 70.3 Å². The van der Waals surface area contributed by atoms with E-state index in [2.05, 4.69) is 5.32 Å². The van der Waals surface area contributed by atoms with E-state index >= 15 is 0 Å². The predicted molar refractivity (Wildman–Crippen MR) is 129 cm³/mol. The highest BCUT2D eigenvalue weighted by atomic mass is 32.1. The first-order valence-corrected chi connectivity index (χ1v) is 11.3. The standard InChI is InChI=1S/C25H23N3O5S/c1-3-4-11-27-24(32)19(21(29)26-25(27)34)13-15-9-10-20(33-2)16(12-15)14-28-22(30)17-7-5-6-8-18(17)23(28)31/h5-10,12-13H,3-4,11,14H2,1-2H3,(H,26,29,34)/b19-13+. The summed E-state index contributed by atoms with van der Waals surface area (Å²) >= 11 is 5.16. The number of methoxy groups -OCH3 is 1. The number of carbonyl (C=O) groups excluding carboxylic acids is 4. The first-order chi connectivity index (χ1) is 16.3. The van der Waals surface area contributed by atoms with Gasteiger partial charge in [0, 0.05) is 12.1 Å². The maximum atomic E-state index is 12.9. The second-order valence-electron chi connectivity index (χ2n) is 7.94. The molecule has 8 nitrogen and oxygen atoms in total. The van der Waals surface area contributed by atoms with Gasteiger partial charge in [0.25, 0.3) is 23.6 Å². The first-order valence-electron chi connectivity index (χ1n) is 10.9. The lowest BCUT2D eigenvalue weighted by Crippen LogP contribution is -2.54. The Bertz CT molecular complexity index is 1220. The minimum atomic E-state index is -0.569. The Balaban J connectivity index is 1.64. The number of carbonyl (C=O) groups is 4. The van der Waals surface area contributed by atoms with Crippen molar-refractivity contribution >= 4 is 47.0 Å². The van der Waals surface area contributed by atoms with Gasteiger partial charge in [-0.1, -0.05) is 31.5 Å². The molecule has 0 spiro atoms. The maximum Gasteiger partial charge on any atom is 0.265 e. The van der Waals surface area contributed by atoms with Gasteiger partial charge in [0.2, 0.25) is 0 Å². The lowest BCUT2D eigenvalue weighted by Gasteiger charge is -2.28. The summed E-state index contributed by atoms with van der Waals surface area (Å²) in [6.07, 6.45) is 3.10. The van der Waals surface area contributed by atoms with Crippen molar-refractivity contribution < 1.29 is 23.9 Å². The molecule has 0 bridgehead atoms. The van der Waals surface area contributed by atoms with Gasteiger partial charge >= 0.3 is 0 Å². The van der Waals surface area contributed by atoms with E-state index in [0.717, 1.165) is 17.7 Å². The van der Waals surface area contributed by atoms with Crippen LogP contribution < -0.4 is 10.1 Å². The number of hydrogen-bond donors (Lipinski definition) is 1. The van der Waals surface area contributed by atoms with Gasteiger partial charge in [0.05, 0.1) is 24.8 Å². The Morgan fingerprint density at radius 3 is 2.26 bits per heavy atom. The number of unbranched alkanes of at least 4 members (excludes halogenated alkanes) is 1. The number of benzene rings is 2. The summed E-state index contributed by atoms with van der Waals surface area (Å²) in [5.41, 5.74) is 1.79. The summed E-state index contributed by atoms with van der Waals surface area (Å²) in [7, 11) is 1.49. The van der Waals surface area contributed by atoms with E-state index in [1.807, 2.05) is 6.92 Å². The van der Waals surface area contributed by atoms with Crippen LogP contribution in [0.4, 0.5) is 0 Å². The normalized spacial score (nSPS) is 16.9. The SMILES string of the molecule is CCCCN1C(=O)/C(=C/c2ccc(OC)c(CN3C(=O)c4ccccc4C3=O)c2)C(=O)NC1=S. The Morgan fingerprint density at radius 2 is 1.65 bits per heavy atom. The van der Waals surface area contributed by atoms with Crippen LogP contribution >= 0.6 is 12.2 Å². The van der Waals surface area contributed by atoms with Crippen molar-refractivity contribution in [2.45, 2.75) is 26.3 Å². The molecule has 9 heteroatoms. The number of hydrogen-bond acceptors (Lipinski definition) is 6. The molecule has 2 aromatic carbocycles. The number of fused-ring (bicyclic) bond motifs is 1. The van der Waals surface area contributed by atoms with Crippen LogP contribution in [0.15, 0.2) is 48.0 Å². The van der Waals surface area contributed by atoms with Crippen LogP contribution in [0.5, 0.6) is 5.75 Å². The van der Waals surface area contributed by atoms with Crippen LogP contribution in [0.3, 0.4) is 0 Å². The van der Waals surface area contributed by atoms with Crippen molar-refractivity contribution in [1.82, 2.24) is 15.1 Å². The molecule has 4 amide bonds. The summed E-state index contributed by atoms with van der Waals surface area (Å²) in [4.78, 5) is 53.6. The van der Waals surface area contributed by atoms with Gasteiger partial charge in [0.1, 0.15) is 11.3 Å². The summed E-state index contributed by atoms with van der Waals surface area (Å²) < 4.78 is 5.42. The second kappa shape index (κ2) is 9.56. The predicted octanol–water partition coefficient (Wildman–Crippen LogP) is 2.92. The van der Waals surface area contributed by atoms with E-state index in [0.29, 0.717) is 34.5 Å². The minimum Gasteiger partial charge on any atom is -0.496 e. The number of thiocarbonyl (C=S) groups is 1. The van der Waals surface area contributed by atoms with Gasteiger partial charge in [-0.3, -0.25) is 34.3 Å². The van der Waals surface area contributed by atoms with E-state index in [1.54, 1.807) is 42.5 Å². The Kier molecular flexibility index (Phi) is 6.56. The molecule has 2 aromatic rings. The molecule has 0 saturated carbocycles. The number of nitrogens with one attached hydrogen (secondary N) is 1.